The summed E-state index contributed by atoms with van der Waals surface area (Å²) in [4.78, 5) is 12.2. The molecule has 3 rings (SSSR count). The number of carbonyl (C=O) groups is 1. The Morgan fingerprint density at radius 2 is 1.85 bits per heavy atom. The van der Waals surface area contributed by atoms with Crippen LogP contribution in [0.15, 0.2) is 53.6 Å². The van der Waals surface area contributed by atoms with E-state index in [-0.39, 0.29) is 11.4 Å². The number of hydrazone groups is 1. The lowest BCUT2D eigenvalue weighted by molar-refractivity contribution is 0.0950. The van der Waals surface area contributed by atoms with Crippen LogP contribution >= 0.6 is 0 Å². The minimum atomic E-state index is -0.427. The molecule has 0 spiro atoms. The number of aromatic amines is 1. The second-order valence-electron chi connectivity index (χ2n) is 5.53. The van der Waals surface area contributed by atoms with Crippen molar-refractivity contribution in [2.24, 2.45) is 5.10 Å². The van der Waals surface area contributed by atoms with Crippen molar-refractivity contribution in [1.82, 2.24) is 15.6 Å². The number of hydrogen-bond donors (Lipinski definition) is 3. The minimum absolute atomic E-state index is 0.163. The van der Waals surface area contributed by atoms with Gasteiger partial charge in [0, 0.05) is 5.56 Å². The van der Waals surface area contributed by atoms with E-state index in [0.29, 0.717) is 17.2 Å². The second kappa shape index (κ2) is 8.05. The highest BCUT2D eigenvalue weighted by molar-refractivity contribution is 5.94. The van der Waals surface area contributed by atoms with Crippen molar-refractivity contribution in [1.29, 1.82) is 0 Å². The highest BCUT2D eigenvalue weighted by Gasteiger charge is 2.12. The Bertz CT molecular complexity index is 964. The maximum atomic E-state index is 12.2. The van der Waals surface area contributed by atoms with Crippen molar-refractivity contribution in [2.75, 3.05) is 14.2 Å². The van der Waals surface area contributed by atoms with Gasteiger partial charge in [0.25, 0.3) is 5.91 Å². The van der Waals surface area contributed by atoms with E-state index >= 15 is 0 Å². The number of hydrogen-bond acceptors (Lipinski definition) is 6. The molecule has 3 N–H and O–H groups in total. The predicted molar refractivity (Wildman–Crippen MR) is 100 cm³/mol. The largest absolute Gasteiger partial charge is 0.508 e. The summed E-state index contributed by atoms with van der Waals surface area (Å²) in [5, 5.41) is 20.0. The first-order valence-electron chi connectivity index (χ1n) is 8.01. The highest BCUT2D eigenvalue weighted by atomic mass is 16.5. The molecule has 1 aromatic heterocycles. The number of aromatic nitrogens is 2. The van der Waals surface area contributed by atoms with Crippen molar-refractivity contribution in [3.8, 4) is 28.5 Å². The summed E-state index contributed by atoms with van der Waals surface area (Å²) in [5.41, 5.74) is 4.79. The lowest BCUT2D eigenvalue weighted by atomic mass is 10.1. The first-order valence-corrected chi connectivity index (χ1v) is 8.01. The standard InChI is InChI=1S/C19H18N4O4/c1-26-17-8-5-13(9-18(17)27-2)15-10-16(22-21-15)19(25)23-20-11-12-3-6-14(24)7-4-12/h3-11,24H,1-2H3,(H,21,22)(H,23,25)/b20-11+. The van der Waals surface area contributed by atoms with Crippen molar-refractivity contribution >= 4 is 12.1 Å². The summed E-state index contributed by atoms with van der Waals surface area (Å²) in [6.07, 6.45) is 1.48. The van der Waals surface area contributed by atoms with Crippen LogP contribution in [0.2, 0.25) is 0 Å². The number of aromatic hydroxyl groups is 1. The van der Waals surface area contributed by atoms with Gasteiger partial charge in [0.15, 0.2) is 11.5 Å². The molecule has 0 aliphatic heterocycles. The van der Waals surface area contributed by atoms with Crippen molar-refractivity contribution in [3.63, 3.8) is 0 Å². The second-order valence-corrected chi connectivity index (χ2v) is 5.53. The number of benzene rings is 2. The number of H-pyrrole nitrogens is 1. The van der Waals surface area contributed by atoms with Crippen LogP contribution < -0.4 is 14.9 Å². The molecule has 0 atom stereocenters. The third-order valence-electron chi connectivity index (χ3n) is 3.77. The number of phenols is 1. The SMILES string of the molecule is COc1ccc(-c2cc(C(=O)N/N=C/c3ccc(O)cc3)[nH]n2)cc1OC. The molecule has 8 nitrogen and oxygen atoms in total. The summed E-state index contributed by atoms with van der Waals surface area (Å²) in [5.74, 6) is 0.918. The molecule has 0 fully saturated rings. The number of ether oxygens (including phenoxy) is 2. The normalized spacial score (nSPS) is 10.7. The number of carbonyl (C=O) groups excluding carboxylic acids is 1. The minimum Gasteiger partial charge on any atom is -0.508 e. The topological polar surface area (TPSA) is 109 Å². The Balaban J connectivity index is 1.69. The van der Waals surface area contributed by atoms with E-state index in [1.165, 1.54) is 18.3 Å². The van der Waals surface area contributed by atoms with Gasteiger partial charge in [-0.3, -0.25) is 9.89 Å². The van der Waals surface area contributed by atoms with Crippen LogP contribution in [0, 0.1) is 0 Å². The van der Waals surface area contributed by atoms with Crippen LogP contribution in [0.3, 0.4) is 0 Å². The van der Waals surface area contributed by atoms with Crippen molar-refractivity contribution in [2.45, 2.75) is 0 Å². The van der Waals surface area contributed by atoms with Gasteiger partial charge in [-0.25, -0.2) is 5.43 Å². The zero-order valence-electron chi connectivity index (χ0n) is 14.8. The molecule has 0 aliphatic carbocycles. The fourth-order valence-corrected chi connectivity index (χ4v) is 2.37. The fraction of sp³-hybridized carbons (Fsp3) is 0.105. The molecule has 0 saturated carbocycles. The molecule has 27 heavy (non-hydrogen) atoms. The molecule has 3 aromatic rings. The average Bonchev–Trinajstić information content (AvgIpc) is 3.19. The van der Waals surface area contributed by atoms with Gasteiger partial charge < -0.3 is 14.6 Å². The molecular weight excluding hydrogens is 348 g/mol. The number of methoxy groups -OCH3 is 2. The zero-order valence-corrected chi connectivity index (χ0v) is 14.8. The van der Waals surface area contributed by atoms with E-state index in [4.69, 9.17) is 9.47 Å². The van der Waals surface area contributed by atoms with E-state index < -0.39 is 5.91 Å². The third kappa shape index (κ3) is 4.24. The summed E-state index contributed by atoms with van der Waals surface area (Å²) >= 11 is 0. The van der Waals surface area contributed by atoms with Crippen LogP contribution in [-0.2, 0) is 0 Å². The first kappa shape index (κ1) is 18.0. The first-order chi connectivity index (χ1) is 13.1. The maximum Gasteiger partial charge on any atom is 0.289 e. The van der Waals surface area contributed by atoms with Crippen molar-refractivity contribution in [3.05, 3.63) is 59.8 Å². The summed E-state index contributed by atoms with van der Waals surface area (Å²) in [6, 6.07) is 13.4. The molecule has 0 unspecified atom stereocenters. The van der Waals surface area contributed by atoms with Crippen LogP contribution in [-0.4, -0.2) is 41.6 Å². The summed E-state index contributed by atoms with van der Waals surface area (Å²) < 4.78 is 10.5. The Morgan fingerprint density at radius 3 is 2.56 bits per heavy atom. The van der Waals surface area contributed by atoms with E-state index in [1.54, 1.807) is 44.6 Å². The van der Waals surface area contributed by atoms with Gasteiger partial charge in [-0.1, -0.05) is 0 Å². The van der Waals surface area contributed by atoms with E-state index in [2.05, 4.69) is 20.7 Å². The molecule has 0 radical (unpaired) electrons. The quantitative estimate of drug-likeness (QED) is 0.459. The molecule has 0 saturated heterocycles. The molecule has 0 aliphatic rings. The van der Waals surface area contributed by atoms with Crippen molar-refractivity contribution < 1.29 is 19.4 Å². The molecule has 2 aromatic carbocycles. The summed E-state index contributed by atoms with van der Waals surface area (Å²) in [7, 11) is 3.12. The van der Waals surface area contributed by atoms with Crippen LogP contribution in [0.4, 0.5) is 0 Å². The van der Waals surface area contributed by atoms with Gasteiger partial charge in [0.2, 0.25) is 0 Å². The Hall–Kier alpha value is -3.81. The zero-order chi connectivity index (χ0) is 19.2. The molecule has 0 bridgehead atoms. The van der Waals surface area contributed by atoms with Gasteiger partial charge in [-0.05, 0) is 54.1 Å². The lowest BCUT2D eigenvalue weighted by Gasteiger charge is -2.08. The average molecular weight is 366 g/mol. The van der Waals surface area contributed by atoms with E-state index in [9.17, 15) is 9.90 Å². The predicted octanol–water partition coefficient (Wildman–Crippen LogP) is 2.56. The number of phenolic OH excluding ortho intramolecular Hbond substituents is 1. The molecule has 8 heteroatoms. The Kier molecular flexibility index (Phi) is 5.36. The number of nitrogens with zero attached hydrogens (tertiary/aromatic N) is 2. The number of nitrogens with one attached hydrogen (secondary N) is 2. The molecule has 1 amide bonds. The van der Waals surface area contributed by atoms with Gasteiger partial charge >= 0.3 is 0 Å². The fourth-order valence-electron chi connectivity index (χ4n) is 2.37. The van der Waals surface area contributed by atoms with Gasteiger partial charge in [0.1, 0.15) is 11.4 Å². The Morgan fingerprint density at radius 1 is 1.11 bits per heavy atom. The van der Waals surface area contributed by atoms with Gasteiger partial charge in [0.05, 0.1) is 26.1 Å². The number of rotatable bonds is 6. The molecule has 1 heterocycles. The van der Waals surface area contributed by atoms with E-state index in [1.807, 2.05) is 6.07 Å². The molecule has 138 valence electrons. The molecular formula is C19H18N4O4. The van der Waals surface area contributed by atoms with Crippen LogP contribution in [0.25, 0.3) is 11.3 Å². The summed E-state index contributed by atoms with van der Waals surface area (Å²) in [6.45, 7) is 0. The third-order valence-corrected chi connectivity index (χ3v) is 3.77. The lowest BCUT2D eigenvalue weighted by Crippen LogP contribution is -2.17. The smallest absolute Gasteiger partial charge is 0.289 e. The van der Waals surface area contributed by atoms with Gasteiger partial charge in [-0.2, -0.15) is 10.2 Å². The maximum absolute atomic E-state index is 12.2. The monoisotopic (exact) mass is 366 g/mol. The van der Waals surface area contributed by atoms with E-state index in [0.717, 1.165) is 11.1 Å². The Labute approximate surface area is 155 Å². The van der Waals surface area contributed by atoms with Crippen LogP contribution in [0.1, 0.15) is 16.1 Å². The van der Waals surface area contributed by atoms with Crippen LogP contribution in [0.5, 0.6) is 17.2 Å². The number of amides is 1. The highest BCUT2D eigenvalue weighted by Crippen LogP contribution is 2.31. The van der Waals surface area contributed by atoms with Gasteiger partial charge in [-0.15, -0.1) is 0 Å².